The van der Waals surface area contributed by atoms with Gasteiger partial charge in [0, 0.05) is 6.54 Å². The second-order valence-electron chi connectivity index (χ2n) is 3.45. The molecule has 0 amide bonds. The van der Waals surface area contributed by atoms with Crippen LogP contribution in [0.4, 0.5) is 0 Å². The van der Waals surface area contributed by atoms with Gasteiger partial charge in [0.1, 0.15) is 5.92 Å². The highest BCUT2D eigenvalue weighted by Gasteiger charge is 2.46. The van der Waals surface area contributed by atoms with Gasteiger partial charge in [-0.15, -0.1) is 0 Å². The second-order valence-corrected chi connectivity index (χ2v) is 3.45. The summed E-state index contributed by atoms with van der Waals surface area (Å²) in [5.41, 5.74) is 0.666. The number of hydrogen-bond acceptors (Lipinski definition) is 4. The summed E-state index contributed by atoms with van der Waals surface area (Å²) in [5.74, 6) is -0.358. The molecule has 1 saturated heterocycles. The van der Waals surface area contributed by atoms with E-state index in [2.05, 4.69) is 15.3 Å². The van der Waals surface area contributed by atoms with E-state index < -0.39 is 0 Å². The van der Waals surface area contributed by atoms with E-state index >= 15 is 0 Å². The van der Waals surface area contributed by atoms with Crippen molar-refractivity contribution in [3.8, 4) is 0 Å². The van der Waals surface area contributed by atoms with Crippen molar-refractivity contribution in [1.82, 2.24) is 5.32 Å². The van der Waals surface area contributed by atoms with Crippen molar-refractivity contribution in [1.29, 1.82) is 0 Å². The molecule has 2 aliphatic heterocycles. The van der Waals surface area contributed by atoms with E-state index in [1.54, 1.807) is 0 Å². The van der Waals surface area contributed by atoms with Gasteiger partial charge in [0.2, 0.25) is 0 Å². The average Bonchev–Trinajstić information content (AvgIpc) is 2.39. The predicted octanol–water partition coefficient (Wildman–Crippen LogP) is -0.103. The summed E-state index contributed by atoms with van der Waals surface area (Å²) in [6, 6.07) is 0. The molecule has 0 spiro atoms. The van der Waals surface area contributed by atoms with Crippen LogP contribution in [0.1, 0.15) is 13.8 Å². The number of nitrogens with one attached hydrogen (secondary N) is 1. The summed E-state index contributed by atoms with van der Waals surface area (Å²) < 4.78 is 0. The monoisotopic (exact) mass is 154 g/mol. The van der Waals surface area contributed by atoms with Crippen LogP contribution < -0.4 is 5.32 Å². The van der Waals surface area contributed by atoms with Gasteiger partial charge in [-0.3, -0.25) is 0 Å². The first-order valence-electron chi connectivity index (χ1n) is 3.65. The van der Waals surface area contributed by atoms with E-state index in [0.29, 0.717) is 6.54 Å². The highest BCUT2D eigenvalue weighted by Crippen LogP contribution is 2.26. The zero-order valence-corrected chi connectivity index (χ0v) is 6.55. The number of carbonyl (C=O) groups is 1. The number of hydrogen-bond donors (Lipinski definition) is 1. The Balaban J connectivity index is 2.35. The Morgan fingerprint density at radius 3 is 3.09 bits per heavy atom. The van der Waals surface area contributed by atoms with Gasteiger partial charge in [0.05, 0.1) is 11.3 Å². The van der Waals surface area contributed by atoms with Crippen LogP contribution in [-0.2, 0) is 9.63 Å². The summed E-state index contributed by atoms with van der Waals surface area (Å²) in [6.45, 7) is 4.65. The minimum absolute atomic E-state index is 0.134. The maximum absolute atomic E-state index is 11.0. The van der Waals surface area contributed by atoms with E-state index in [-0.39, 0.29) is 17.4 Å². The number of nitrogens with zero attached hydrogens (tertiary/aromatic N) is 1. The minimum atomic E-state index is -0.224. The molecule has 60 valence electrons. The molecule has 0 aromatic heterocycles. The van der Waals surface area contributed by atoms with Gasteiger partial charge in [0.15, 0.2) is 0 Å². The zero-order chi connectivity index (χ0) is 8.06. The van der Waals surface area contributed by atoms with Crippen molar-refractivity contribution >= 4 is 11.7 Å². The average molecular weight is 154 g/mol. The molecular weight excluding hydrogens is 144 g/mol. The van der Waals surface area contributed by atoms with E-state index in [1.807, 2.05) is 13.8 Å². The minimum Gasteiger partial charge on any atom is -0.317 e. The Labute approximate surface area is 64.6 Å². The Hall–Kier alpha value is -0.900. The van der Waals surface area contributed by atoms with E-state index in [0.717, 1.165) is 5.71 Å². The third-order valence-electron chi connectivity index (χ3n) is 2.24. The van der Waals surface area contributed by atoms with Crippen LogP contribution in [0.2, 0.25) is 0 Å². The molecule has 0 aromatic carbocycles. The largest absolute Gasteiger partial charge is 0.345 e. The molecule has 11 heavy (non-hydrogen) atoms. The summed E-state index contributed by atoms with van der Waals surface area (Å²) in [4.78, 5) is 15.5. The van der Waals surface area contributed by atoms with Crippen LogP contribution in [0.3, 0.4) is 0 Å². The molecule has 0 aliphatic carbocycles. The van der Waals surface area contributed by atoms with Crippen molar-refractivity contribution in [2.45, 2.75) is 19.4 Å². The summed E-state index contributed by atoms with van der Waals surface area (Å²) in [5, 5.41) is 6.93. The third kappa shape index (κ3) is 0.790. The Morgan fingerprint density at radius 2 is 2.45 bits per heavy atom. The first kappa shape index (κ1) is 6.79. The topological polar surface area (TPSA) is 50.7 Å². The Bertz CT molecular complexity index is 245. The molecular formula is C7H10N2O2. The maximum atomic E-state index is 11.0. The van der Waals surface area contributed by atoms with Crippen molar-refractivity contribution in [2.24, 2.45) is 11.1 Å². The van der Waals surface area contributed by atoms with Gasteiger partial charge < -0.3 is 10.2 Å². The Kier molecular flexibility index (Phi) is 1.12. The molecule has 2 aliphatic rings. The van der Waals surface area contributed by atoms with Crippen molar-refractivity contribution in [3.63, 3.8) is 0 Å². The SMILES string of the molecule is CC1(C)NCC2C(=O)ON=C21. The number of carbonyl (C=O) groups excluding carboxylic acids is 1. The van der Waals surface area contributed by atoms with E-state index in [9.17, 15) is 4.79 Å². The standard InChI is InChI=1S/C7H10N2O2/c1-7(2)5-4(3-8-7)6(10)11-9-5/h4,8H,3H2,1-2H3. The molecule has 0 radical (unpaired) electrons. The van der Waals surface area contributed by atoms with Crippen LogP contribution in [0, 0.1) is 5.92 Å². The highest BCUT2D eigenvalue weighted by atomic mass is 16.7. The molecule has 4 heteroatoms. The molecule has 4 nitrogen and oxygen atoms in total. The fourth-order valence-corrected chi connectivity index (χ4v) is 1.51. The van der Waals surface area contributed by atoms with E-state index in [1.165, 1.54) is 0 Å². The maximum Gasteiger partial charge on any atom is 0.345 e. The van der Waals surface area contributed by atoms with Gasteiger partial charge >= 0.3 is 5.97 Å². The fraction of sp³-hybridized carbons (Fsp3) is 0.714. The molecule has 0 aromatic rings. The van der Waals surface area contributed by atoms with Crippen molar-refractivity contribution in [3.05, 3.63) is 0 Å². The molecule has 1 fully saturated rings. The van der Waals surface area contributed by atoms with Crippen LogP contribution in [0.15, 0.2) is 5.16 Å². The van der Waals surface area contributed by atoms with Gasteiger partial charge in [0.25, 0.3) is 0 Å². The quantitative estimate of drug-likeness (QED) is 0.495. The number of fused-ring (bicyclic) bond motifs is 1. The molecule has 0 bridgehead atoms. The smallest absolute Gasteiger partial charge is 0.317 e. The lowest BCUT2D eigenvalue weighted by Crippen LogP contribution is -2.38. The zero-order valence-electron chi connectivity index (χ0n) is 6.55. The van der Waals surface area contributed by atoms with Gasteiger partial charge in [-0.1, -0.05) is 5.16 Å². The first-order valence-corrected chi connectivity index (χ1v) is 3.65. The lowest BCUT2D eigenvalue weighted by atomic mass is 9.95. The summed E-state index contributed by atoms with van der Waals surface area (Å²) in [7, 11) is 0. The van der Waals surface area contributed by atoms with Crippen LogP contribution in [0.5, 0.6) is 0 Å². The highest BCUT2D eigenvalue weighted by molar-refractivity contribution is 6.11. The molecule has 0 saturated carbocycles. The lowest BCUT2D eigenvalue weighted by molar-refractivity contribution is -0.143. The van der Waals surface area contributed by atoms with Crippen LogP contribution in [-0.4, -0.2) is 23.8 Å². The van der Waals surface area contributed by atoms with Crippen LogP contribution in [0.25, 0.3) is 0 Å². The first-order chi connectivity index (χ1) is 5.11. The number of rotatable bonds is 0. The van der Waals surface area contributed by atoms with E-state index in [4.69, 9.17) is 0 Å². The Morgan fingerprint density at radius 1 is 1.73 bits per heavy atom. The molecule has 2 rings (SSSR count). The fourth-order valence-electron chi connectivity index (χ4n) is 1.51. The molecule has 1 N–H and O–H groups in total. The van der Waals surface area contributed by atoms with Crippen molar-refractivity contribution in [2.75, 3.05) is 6.54 Å². The van der Waals surface area contributed by atoms with Gasteiger partial charge in [-0.25, -0.2) is 4.79 Å². The predicted molar refractivity (Wildman–Crippen MR) is 39.1 cm³/mol. The van der Waals surface area contributed by atoms with Gasteiger partial charge in [-0.2, -0.15) is 0 Å². The van der Waals surface area contributed by atoms with Gasteiger partial charge in [-0.05, 0) is 13.8 Å². The third-order valence-corrected chi connectivity index (χ3v) is 2.24. The molecule has 1 unspecified atom stereocenters. The second kappa shape index (κ2) is 1.82. The van der Waals surface area contributed by atoms with Crippen LogP contribution >= 0.6 is 0 Å². The number of oxime groups is 1. The summed E-state index contributed by atoms with van der Waals surface area (Å²) >= 11 is 0. The molecule has 2 heterocycles. The summed E-state index contributed by atoms with van der Waals surface area (Å²) in [6.07, 6.45) is 0. The molecule has 1 atom stereocenters. The van der Waals surface area contributed by atoms with Crippen molar-refractivity contribution < 1.29 is 9.63 Å². The lowest BCUT2D eigenvalue weighted by Gasteiger charge is -2.16. The normalized spacial score (nSPS) is 33.1.